The van der Waals surface area contributed by atoms with Crippen LogP contribution >= 0.6 is 0 Å². The maximum Gasteiger partial charge on any atom is 0.208 e. The number of rotatable bonds is 6. The van der Waals surface area contributed by atoms with Crippen LogP contribution in [-0.4, -0.2) is 27.8 Å². The van der Waals surface area contributed by atoms with Crippen LogP contribution < -0.4 is 9.79 Å². The van der Waals surface area contributed by atoms with Gasteiger partial charge in [0.2, 0.25) is 10.0 Å². The third-order valence-corrected chi connectivity index (χ3v) is 5.26. The number of hydrogen-bond donors (Lipinski definition) is 2. The Hall–Kier alpha value is -1.02. The van der Waals surface area contributed by atoms with Crippen LogP contribution in [0.3, 0.4) is 0 Å². The van der Waals surface area contributed by atoms with Crippen LogP contribution in [0.5, 0.6) is 0 Å². The minimum Gasteiger partial charge on any atom is -0.629 e. The fourth-order valence-corrected chi connectivity index (χ4v) is 4.19. The van der Waals surface area contributed by atoms with Crippen molar-refractivity contribution in [1.29, 1.82) is 0 Å². The summed E-state index contributed by atoms with van der Waals surface area (Å²) in [4.78, 5) is 0. The van der Waals surface area contributed by atoms with Gasteiger partial charge < -0.3 is 10.3 Å². The van der Waals surface area contributed by atoms with Crippen molar-refractivity contribution in [2.24, 2.45) is 5.92 Å². The van der Waals surface area contributed by atoms with Crippen molar-refractivity contribution in [3.63, 3.8) is 0 Å². The second-order valence-electron chi connectivity index (χ2n) is 6.50. The molecule has 2 N–H and O–H groups in total. The molecular weight excluding hydrogens is 319 g/mol. The van der Waals surface area contributed by atoms with Crippen molar-refractivity contribution < 1.29 is 17.9 Å². The summed E-state index contributed by atoms with van der Waals surface area (Å²) in [6, 6.07) is 4.36. The molecular formula is C16H25FN2O3S. The Labute approximate surface area is 137 Å². The van der Waals surface area contributed by atoms with Gasteiger partial charge in [-0.1, -0.05) is 0 Å². The van der Waals surface area contributed by atoms with Crippen molar-refractivity contribution in [2.75, 3.05) is 13.3 Å². The lowest BCUT2D eigenvalue weighted by Gasteiger charge is -2.29. The Balaban J connectivity index is 1.87. The van der Waals surface area contributed by atoms with E-state index >= 15 is 0 Å². The average molecular weight is 344 g/mol. The quantitative estimate of drug-likeness (QED) is 0.768. The Morgan fingerprint density at radius 3 is 2.52 bits per heavy atom. The topological polar surface area (TPSA) is 73.7 Å². The zero-order chi connectivity index (χ0) is 17.0. The van der Waals surface area contributed by atoms with E-state index in [0.29, 0.717) is 18.0 Å². The van der Waals surface area contributed by atoms with E-state index in [1.807, 2.05) is 0 Å². The molecule has 1 fully saturated rings. The van der Waals surface area contributed by atoms with Gasteiger partial charge in [-0.25, -0.2) is 17.5 Å². The predicted molar refractivity (Wildman–Crippen MR) is 88.4 cm³/mol. The Morgan fingerprint density at radius 1 is 1.30 bits per heavy atom. The third kappa shape index (κ3) is 5.84. The number of nitrogens with one attached hydrogen (secondary N) is 2. The molecule has 1 aliphatic carbocycles. The smallest absolute Gasteiger partial charge is 0.208 e. The summed E-state index contributed by atoms with van der Waals surface area (Å²) in [6.07, 6.45) is 6.35. The lowest BCUT2D eigenvalue weighted by Crippen LogP contribution is -2.98. The van der Waals surface area contributed by atoms with Crippen LogP contribution in [0.2, 0.25) is 0 Å². The summed E-state index contributed by atoms with van der Waals surface area (Å²) in [5, 5.41) is 11.6. The summed E-state index contributed by atoms with van der Waals surface area (Å²) < 4.78 is 38.6. The highest BCUT2D eigenvalue weighted by atomic mass is 32.2. The number of benzene rings is 1. The first-order chi connectivity index (χ1) is 10.7. The van der Waals surface area contributed by atoms with Crippen molar-refractivity contribution in [3.05, 3.63) is 34.8 Å². The molecule has 0 spiro atoms. The van der Waals surface area contributed by atoms with Crippen LogP contribution in [0.1, 0.15) is 37.7 Å². The summed E-state index contributed by atoms with van der Waals surface area (Å²) >= 11 is 0. The van der Waals surface area contributed by atoms with Crippen LogP contribution in [0.25, 0.3) is 0 Å². The largest absolute Gasteiger partial charge is 0.629 e. The molecule has 1 saturated carbocycles. The van der Waals surface area contributed by atoms with Gasteiger partial charge in [0.15, 0.2) is 0 Å². The molecule has 1 aliphatic rings. The summed E-state index contributed by atoms with van der Waals surface area (Å²) in [5.41, 5.74) is 1.37. The first-order valence-electron chi connectivity index (χ1n) is 8.01. The first kappa shape index (κ1) is 18.3. The fraction of sp³-hybridized carbons (Fsp3) is 0.625. The molecule has 5 nitrogen and oxygen atoms in total. The Bertz CT molecular complexity index is 626. The van der Waals surface area contributed by atoms with Gasteiger partial charge in [-0.2, -0.15) is 0 Å². The number of halogens is 1. The van der Waals surface area contributed by atoms with E-state index in [-0.39, 0.29) is 16.9 Å². The third-order valence-electron chi connectivity index (χ3n) is 4.50. The van der Waals surface area contributed by atoms with Gasteiger partial charge in [0.1, 0.15) is 11.5 Å². The molecule has 0 heterocycles. The van der Waals surface area contributed by atoms with Gasteiger partial charge in [-0.05, 0) is 56.6 Å². The molecule has 23 heavy (non-hydrogen) atoms. The highest BCUT2D eigenvalue weighted by Crippen LogP contribution is 2.29. The van der Waals surface area contributed by atoms with Gasteiger partial charge in [0.25, 0.3) is 0 Å². The molecule has 0 aliphatic heterocycles. The minimum atomic E-state index is -3.15. The molecule has 1 unspecified atom stereocenters. The Kier molecular flexibility index (Phi) is 6.13. The fourth-order valence-electron chi connectivity index (χ4n) is 3.34. The van der Waals surface area contributed by atoms with Gasteiger partial charge >= 0.3 is 0 Å². The van der Waals surface area contributed by atoms with E-state index in [4.69, 9.17) is 0 Å². The second-order valence-corrected chi connectivity index (χ2v) is 8.28. The SMILES string of the molecule is C[NH+]([O-])c1ccc(F)cc1CC[C@H]1CC[C@H](NS(C)(=O)=O)CC1. The monoisotopic (exact) mass is 344 g/mol. The zero-order valence-electron chi connectivity index (χ0n) is 13.6. The molecule has 0 radical (unpaired) electrons. The minimum absolute atomic E-state index is 0.0307. The molecule has 0 bridgehead atoms. The van der Waals surface area contributed by atoms with E-state index < -0.39 is 10.0 Å². The number of quaternary nitrogens is 1. The lowest BCUT2D eigenvalue weighted by atomic mass is 9.83. The van der Waals surface area contributed by atoms with Crippen molar-refractivity contribution in [2.45, 2.75) is 44.6 Å². The maximum atomic E-state index is 13.4. The van der Waals surface area contributed by atoms with Gasteiger partial charge in [-0.3, -0.25) is 0 Å². The molecule has 2 rings (SSSR count). The summed E-state index contributed by atoms with van der Waals surface area (Å²) in [6.45, 7) is 0. The molecule has 7 heteroatoms. The first-order valence-corrected chi connectivity index (χ1v) is 9.90. The van der Waals surface area contributed by atoms with Crippen LogP contribution in [0.4, 0.5) is 10.1 Å². The molecule has 0 amide bonds. The van der Waals surface area contributed by atoms with Crippen LogP contribution in [-0.2, 0) is 16.4 Å². The van der Waals surface area contributed by atoms with E-state index in [0.717, 1.165) is 37.7 Å². The lowest BCUT2D eigenvalue weighted by molar-refractivity contribution is -0.751. The number of sulfonamides is 1. The van der Waals surface area contributed by atoms with Crippen molar-refractivity contribution in [3.8, 4) is 0 Å². The highest BCUT2D eigenvalue weighted by molar-refractivity contribution is 7.88. The van der Waals surface area contributed by atoms with Crippen molar-refractivity contribution >= 4 is 15.7 Å². The summed E-state index contributed by atoms with van der Waals surface area (Å²) in [5.74, 6) is 0.182. The molecule has 1 aromatic rings. The number of aryl methyl sites for hydroxylation is 1. The molecule has 0 aromatic heterocycles. The standard InChI is InChI=1S/C16H25FN2O3S/c1-19(20)16-10-7-14(17)11-13(16)6-3-12-4-8-15(9-5-12)18-23(2,21)22/h7,10-12,15,18-19H,3-6,8-9H2,1-2H3/t12-,15-. The maximum absolute atomic E-state index is 13.4. The van der Waals surface area contributed by atoms with E-state index in [1.165, 1.54) is 25.4 Å². The highest BCUT2D eigenvalue weighted by Gasteiger charge is 2.23. The second kappa shape index (κ2) is 7.70. The molecule has 0 saturated heterocycles. The average Bonchev–Trinajstić information content (AvgIpc) is 2.44. The number of hydrogen-bond acceptors (Lipinski definition) is 3. The summed E-state index contributed by atoms with van der Waals surface area (Å²) in [7, 11) is -1.65. The molecule has 130 valence electrons. The molecule has 1 atom stereocenters. The van der Waals surface area contributed by atoms with Gasteiger partial charge in [0.05, 0.1) is 13.3 Å². The zero-order valence-corrected chi connectivity index (χ0v) is 14.5. The van der Waals surface area contributed by atoms with Gasteiger partial charge in [-0.15, -0.1) is 0 Å². The van der Waals surface area contributed by atoms with Crippen LogP contribution in [0, 0.1) is 16.9 Å². The van der Waals surface area contributed by atoms with E-state index in [2.05, 4.69) is 4.72 Å². The van der Waals surface area contributed by atoms with Crippen LogP contribution in [0.15, 0.2) is 18.2 Å². The van der Waals surface area contributed by atoms with E-state index in [1.54, 1.807) is 6.07 Å². The molecule has 1 aromatic carbocycles. The van der Waals surface area contributed by atoms with Crippen molar-refractivity contribution in [1.82, 2.24) is 4.72 Å². The van der Waals surface area contributed by atoms with Gasteiger partial charge in [0, 0.05) is 17.7 Å². The number of hydroxylamine groups is 1. The predicted octanol–water partition coefficient (Wildman–Crippen LogP) is 1.51. The Morgan fingerprint density at radius 2 is 1.96 bits per heavy atom. The van der Waals surface area contributed by atoms with E-state index in [9.17, 15) is 18.0 Å². The normalized spacial score (nSPS) is 23.7.